The van der Waals surface area contributed by atoms with Gasteiger partial charge in [0.05, 0.1) is 109 Å². The van der Waals surface area contributed by atoms with Gasteiger partial charge in [-0.2, -0.15) is 16.8 Å². The number of amides is 1. The molecular weight excluding hydrogens is 1910 g/mol. The van der Waals surface area contributed by atoms with E-state index in [4.69, 9.17) is 58.1 Å². The summed E-state index contributed by atoms with van der Waals surface area (Å²) >= 11 is 0. The minimum Gasteiger partial charge on any atom is -0.493 e. The summed E-state index contributed by atoms with van der Waals surface area (Å²) in [5, 5.41) is 8.62. The van der Waals surface area contributed by atoms with Crippen LogP contribution < -0.4 is 69.3 Å². The summed E-state index contributed by atoms with van der Waals surface area (Å²) in [6, 6.07) is 39.6. The van der Waals surface area contributed by atoms with Gasteiger partial charge in [-0.1, -0.05) is 130 Å². The molecule has 0 atom stereocenters. The second kappa shape index (κ2) is 45.8. The highest BCUT2D eigenvalue weighted by Crippen LogP contribution is 2.35. The molecule has 13 rings (SSSR count). The second-order valence-electron chi connectivity index (χ2n) is 32.4. The summed E-state index contributed by atoms with van der Waals surface area (Å²) in [4.78, 5) is 45.8. The lowest BCUT2D eigenvalue weighted by molar-refractivity contribution is -0.119. The van der Waals surface area contributed by atoms with Crippen molar-refractivity contribution in [3.05, 3.63) is 212 Å². The van der Waals surface area contributed by atoms with E-state index in [2.05, 4.69) is 50.7 Å². The molecule has 15 N–H and O–H groups in total. The average Bonchev–Trinajstić information content (AvgIpc) is 0.805. The number of rotatable bonds is 31. The first-order valence-corrected chi connectivity index (χ1v) is 54.1. The molecule has 728 valence electrons. The Morgan fingerprint density at radius 2 is 0.709 bits per heavy atom. The Labute approximate surface area is 779 Å². The van der Waals surface area contributed by atoms with Crippen LogP contribution in [0.3, 0.4) is 0 Å². The van der Waals surface area contributed by atoms with E-state index in [1.807, 2.05) is 52.8 Å². The largest absolute Gasteiger partial charge is 0.493 e. The second-order valence-corrected chi connectivity index (χ2v) is 45.5. The van der Waals surface area contributed by atoms with E-state index < -0.39 is 97.5 Å². The van der Waals surface area contributed by atoms with Crippen molar-refractivity contribution in [3.8, 4) is 23.0 Å². The van der Waals surface area contributed by atoms with Crippen molar-refractivity contribution in [2.24, 2.45) is 66.2 Å². The van der Waals surface area contributed by atoms with Crippen LogP contribution in [0.2, 0.25) is 0 Å². The standard InChI is InChI=1S/C20H22N2O4S.C19H29N3O5S.C12H16N2O6S2.C11H15N3O5S2.C11H13N3O3S.C11H12N2O4S/c1-20(2,11-16(23)14-7-4-3-5-8-14)13-26-17-10-6-9-15-12-27(24,25)22-19(21)18(15)17;1-19(2,3)27-18(23)21-11-6-4-5-7-12-26-15-10-8-9-14-13-28(24,25)22-17(20)16(14)15;1-21(15,16)20-7-3-6-19-10-5-2-4-9-8-22(17,18)14-12(13)11(9)10;1-20(15,16)19-6-5-13-9-4-2-3-8-7-21(17,18)14-11(12)10(8)9;1-7(15)5-13-9-4-2-3-8-6-18(16,17)14-11(12)10(8)9;1-7(14)5-17-9-4-2-3-8-6-18(15,16)13-11(12)10(8)9/h3-10H,11-13H2,1-2H3,(H2,21,22);8-10H,4-7,11-13H2,1-3H3,(H2,20,22)(H,21,23);2,4-5H,3,6-8H2,1H3,(H2,13,14);2-4,13H,5-7H2,1H3,(H2,12,14);2-4,13H,5-6H2,1H3,(H2,12,14);2-4H,5-6H2,1H3,(H2,12,13). The number of nitrogens with two attached hydrogens (primary N) is 6. The number of hydrogen-bond donors (Lipinski definition) is 9. The summed E-state index contributed by atoms with van der Waals surface area (Å²) in [6.45, 7) is 14.1. The predicted octanol–water partition coefficient (Wildman–Crippen LogP) is 5.66. The number of alkyl carbamates (subject to hydrolysis) is 1. The van der Waals surface area contributed by atoms with E-state index in [-0.39, 0.29) is 133 Å². The van der Waals surface area contributed by atoms with Gasteiger partial charge in [-0.15, -0.1) is 26.4 Å². The van der Waals surface area contributed by atoms with Gasteiger partial charge in [0.1, 0.15) is 76.0 Å². The molecule has 0 fully saturated rings. The predicted molar refractivity (Wildman–Crippen MR) is 507 cm³/mol. The fourth-order valence-corrected chi connectivity index (χ4v) is 20.6. The number of unbranched alkanes of at least 4 members (excludes halogenated alkanes) is 3. The van der Waals surface area contributed by atoms with Gasteiger partial charge < -0.3 is 74.0 Å². The molecule has 7 aromatic carbocycles. The SMILES string of the molecule is CC(=O)CNc1cccc2c1C(N)=NS(=O)(=O)C2.CC(=O)COc1cccc2c1C(N)=NS(=O)(=O)C2.CC(C)(C)OC(=O)NCCCCCCOc1cccc2c1C(N)=NS(=O)(=O)C2.CC(C)(COc1cccc2c1C(N)=NS(=O)(=O)C2)CC(=O)c1ccccc1.CS(=O)(=O)OCCCOc1cccc2c1C(N)=NS(=O)(=O)C2.CS(=O)(=O)OCCNc1cccc2c1C(N)=NS(=O)(=O)C2. The molecule has 50 heteroatoms. The zero-order chi connectivity index (χ0) is 99.2. The zero-order valence-electron chi connectivity index (χ0n) is 74.6. The lowest BCUT2D eigenvalue weighted by Crippen LogP contribution is -2.32. The Hall–Kier alpha value is -12.0. The number of fused-ring (bicyclic) bond motifs is 6. The molecule has 7 aromatic rings. The maximum atomic E-state index is 12.5. The lowest BCUT2D eigenvalue weighted by atomic mass is 9.86. The number of hydrogen-bond acceptors (Lipinski definition) is 35. The highest BCUT2D eigenvalue weighted by atomic mass is 32.2. The normalized spacial score (nSPS) is 16.2. The molecule has 0 saturated heterocycles. The molecule has 0 saturated carbocycles. The van der Waals surface area contributed by atoms with Gasteiger partial charge in [0.2, 0.25) is 0 Å². The molecule has 42 nitrogen and oxygen atoms in total. The van der Waals surface area contributed by atoms with Crippen LogP contribution in [0.1, 0.15) is 164 Å². The maximum Gasteiger partial charge on any atom is 0.407 e. The van der Waals surface area contributed by atoms with Crippen LogP contribution in [0, 0.1) is 5.41 Å². The molecule has 1 amide bonds. The van der Waals surface area contributed by atoms with Gasteiger partial charge in [0, 0.05) is 59.4 Å². The van der Waals surface area contributed by atoms with Crippen LogP contribution in [0.15, 0.2) is 166 Å². The molecule has 6 heterocycles. The molecule has 0 aromatic heterocycles. The Balaban J connectivity index is 0.000000199. The van der Waals surface area contributed by atoms with Crippen LogP contribution in [0.25, 0.3) is 0 Å². The number of nitrogens with zero attached hydrogens (tertiary/aromatic N) is 6. The summed E-state index contributed by atoms with van der Waals surface area (Å²) in [5.74, 6) is 0.122. The summed E-state index contributed by atoms with van der Waals surface area (Å²) in [7, 11) is -28.3. The Morgan fingerprint density at radius 3 is 1.08 bits per heavy atom. The number of ketones is 3. The quantitative estimate of drug-likeness (QED) is 0.0144. The number of Topliss-reactive ketones (excluding diaryl/α,β-unsaturated/α-hetero) is 3. The molecule has 0 aliphatic carbocycles. The number of sulfonamides is 6. The number of carbonyl (C=O) groups is 4. The number of anilines is 2. The van der Waals surface area contributed by atoms with Crippen LogP contribution in [-0.4, -0.2) is 203 Å². The molecular formula is C84H107N15O27S8. The van der Waals surface area contributed by atoms with Gasteiger partial charge in [-0.3, -0.25) is 22.7 Å². The van der Waals surface area contributed by atoms with Crippen LogP contribution in [-0.2, 0) is 138 Å². The molecule has 6 aliphatic rings. The van der Waals surface area contributed by atoms with Crippen molar-refractivity contribution >= 4 is 150 Å². The van der Waals surface area contributed by atoms with Gasteiger partial charge in [-0.25, -0.2) is 55.3 Å². The topological polar surface area (TPSA) is 672 Å². The third kappa shape index (κ3) is 34.5. The van der Waals surface area contributed by atoms with Crippen LogP contribution >= 0.6 is 0 Å². The Kier molecular flexibility index (Phi) is 36.7. The minimum absolute atomic E-state index is 0.00576. The minimum atomic E-state index is -3.59. The van der Waals surface area contributed by atoms with Gasteiger partial charge in [0.15, 0.2) is 11.6 Å². The molecule has 0 bridgehead atoms. The van der Waals surface area contributed by atoms with Crippen molar-refractivity contribution < 1.29 is 119 Å². The van der Waals surface area contributed by atoms with Gasteiger partial charge in [-0.05, 0) is 117 Å². The first-order chi connectivity index (χ1) is 62.4. The number of carbonyl (C=O) groups excluding carboxylic acids is 4. The zero-order valence-corrected chi connectivity index (χ0v) is 81.1. The lowest BCUT2D eigenvalue weighted by Gasteiger charge is -2.26. The van der Waals surface area contributed by atoms with E-state index >= 15 is 0 Å². The van der Waals surface area contributed by atoms with E-state index in [9.17, 15) is 86.5 Å². The fraction of sp³-hybridized carbons (Fsp3) is 0.381. The highest BCUT2D eigenvalue weighted by molar-refractivity contribution is 7.91. The van der Waals surface area contributed by atoms with Crippen molar-refractivity contribution in [1.82, 2.24) is 5.32 Å². The summed E-state index contributed by atoms with van der Waals surface area (Å²) in [5.41, 5.74) is 41.8. The van der Waals surface area contributed by atoms with E-state index in [1.165, 1.54) is 13.8 Å². The molecule has 0 radical (unpaired) electrons. The average molecular weight is 2020 g/mol. The van der Waals surface area contributed by atoms with Crippen molar-refractivity contribution in [2.75, 3.05) is 82.4 Å². The van der Waals surface area contributed by atoms with Crippen molar-refractivity contribution in [2.45, 2.75) is 127 Å². The number of amidine groups is 6. The number of ether oxygens (including phenoxy) is 5. The van der Waals surface area contributed by atoms with Gasteiger partial charge >= 0.3 is 6.09 Å². The molecule has 6 aliphatic heterocycles. The third-order valence-corrected chi connectivity index (χ3v) is 26.7. The van der Waals surface area contributed by atoms with E-state index in [0.717, 1.165) is 38.2 Å². The number of nitrogens with one attached hydrogen (secondary N) is 3. The fourth-order valence-electron chi connectivity index (χ4n) is 13.3. The summed E-state index contributed by atoms with van der Waals surface area (Å²) in [6.07, 6.45) is 5.81. The third-order valence-electron chi connectivity index (χ3n) is 18.6. The smallest absolute Gasteiger partial charge is 0.407 e. The van der Waals surface area contributed by atoms with Crippen molar-refractivity contribution in [3.63, 3.8) is 0 Å². The highest BCUT2D eigenvalue weighted by Gasteiger charge is 2.33. The Bertz CT molecular complexity index is 6640. The number of benzene rings is 7. The first kappa shape index (κ1) is 107. The Morgan fingerprint density at radius 1 is 0.373 bits per heavy atom. The van der Waals surface area contributed by atoms with Crippen LogP contribution in [0.4, 0.5) is 16.2 Å². The van der Waals surface area contributed by atoms with Gasteiger partial charge in [0.25, 0.3) is 80.4 Å². The molecule has 134 heavy (non-hydrogen) atoms. The molecule has 0 spiro atoms. The first-order valence-electron chi connectivity index (χ1n) is 40.8. The monoisotopic (exact) mass is 2010 g/mol. The van der Waals surface area contributed by atoms with E-state index in [0.29, 0.717) is 133 Å². The van der Waals surface area contributed by atoms with Crippen molar-refractivity contribution in [1.29, 1.82) is 0 Å². The molecule has 0 unspecified atom stereocenters. The van der Waals surface area contributed by atoms with Crippen LogP contribution in [0.5, 0.6) is 23.0 Å². The van der Waals surface area contributed by atoms with E-state index in [1.54, 1.807) is 121 Å². The maximum absolute atomic E-state index is 12.5. The summed E-state index contributed by atoms with van der Waals surface area (Å²) < 4.78 is 240.